The van der Waals surface area contributed by atoms with Gasteiger partial charge in [-0.05, 0) is 11.8 Å². The van der Waals surface area contributed by atoms with E-state index >= 15 is 0 Å². The zero-order chi connectivity index (χ0) is 10.1. The molecule has 0 nitrogen and oxygen atoms in total. The lowest BCUT2D eigenvalue weighted by Crippen LogP contribution is -2.01. The van der Waals surface area contributed by atoms with Crippen LogP contribution in [-0.4, -0.2) is 0 Å². The van der Waals surface area contributed by atoms with E-state index in [2.05, 4.69) is 27.7 Å². The van der Waals surface area contributed by atoms with Crippen LogP contribution in [0.2, 0.25) is 0 Å². The Kier molecular flexibility index (Phi) is 8.59. The van der Waals surface area contributed by atoms with Crippen LogP contribution in [0.1, 0.15) is 72.6 Å². The van der Waals surface area contributed by atoms with Gasteiger partial charge in [0.1, 0.15) is 0 Å². The van der Waals surface area contributed by atoms with Gasteiger partial charge in [-0.2, -0.15) is 0 Å². The smallest absolute Gasteiger partial charge is 0.0420 e. The minimum Gasteiger partial charge on any atom is -0.0651 e. The molecule has 0 N–H and O–H groups in total. The van der Waals surface area contributed by atoms with Gasteiger partial charge in [-0.3, -0.25) is 0 Å². The molecule has 0 rings (SSSR count). The highest BCUT2D eigenvalue weighted by molar-refractivity contribution is 4.59. The molecule has 0 fully saturated rings. The molecule has 0 aliphatic rings. The van der Waals surface area contributed by atoms with Crippen molar-refractivity contribution in [1.82, 2.24) is 0 Å². The Bertz CT molecular complexity index is 76.2. The second kappa shape index (κ2) is 8.59. The molecule has 0 heterocycles. The van der Waals surface area contributed by atoms with Gasteiger partial charge in [0.25, 0.3) is 0 Å². The van der Waals surface area contributed by atoms with Crippen molar-refractivity contribution in [3.05, 3.63) is 0 Å². The zero-order valence-electron chi connectivity index (χ0n) is 10.1. The summed E-state index contributed by atoms with van der Waals surface area (Å²) in [6.07, 6.45) is 9.88. The lowest BCUT2D eigenvalue weighted by Gasteiger charge is -2.15. The van der Waals surface area contributed by atoms with Crippen LogP contribution < -0.4 is 0 Å². The largest absolute Gasteiger partial charge is 0.0651 e. The highest BCUT2D eigenvalue weighted by Crippen LogP contribution is 2.21. The molecule has 0 radical (unpaired) electrons. The average molecular weight is 184 g/mol. The third kappa shape index (κ3) is 6.12. The molecule has 0 spiro atoms. The van der Waals surface area contributed by atoms with Crippen molar-refractivity contribution in [3.63, 3.8) is 0 Å². The van der Waals surface area contributed by atoms with Crippen LogP contribution in [-0.2, 0) is 0 Å². The first-order valence-electron chi connectivity index (χ1n) is 6.28. The summed E-state index contributed by atoms with van der Waals surface area (Å²) in [4.78, 5) is 0. The molecule has 0 atom stereocenters. The van der Waals surface area contributed by atoms with Crippen LogP contribution in [0.4, 0.5) is 0 Å². The first kappa shape index (κ1) is 13.0. The first-order valence-corrected chi connectivity index (χ1v) is 6.28. The Morgan fingerprint density at radius 1 is 0.615 bits per heavy atom. The van der Waals surface area contributed by atoms with Crippen LogP contribution in [0.15, 0.2) is 0 Å². The lowest BCUT2D eigenvalue weighted by molar-refractivity contribution is 0.380. The number of rotatable bonds is 8. The van der Waals surface area contributed by atoms with Crippen LogP contribution in [0.3, 0.4) is 0 Å². The van der Waals surface area contributed by atoms with E-state index in [4.69, 9.17) is 0 Å². The maximum absolute atomic E-state index is 2.32. The van der Waals surface area contributed by atoms with Crippen LogP contribution in [0.25, 0.3) is 0 Å². The second-order valence-corrected chi connectivity index (χ2v) is 4.30. The van der Waals surface area contributed by atoms with Crippen molar-refractivity contribution in [3.8, 4) is 0 Å². The van der Waals surface area contributed by atoms with Crippen molar-refractivity contribution in [1.29, 1.82) is 0 Å². The lowest BCUT2D eigenvalue weighted by atomic mass is 9.91. The number of hydrogen-bond acceptors (Lipinski definition) is 0. The summed E-state index contributed by atoms with van der Waals surface area (Å²) in [5.74, 6) is 1.99. The van der Waals surface area contributed by atoms with Gasteiger partial charge in [0, 0.05) is 0 Å². The molecule has 0 aromatic carbocycles. The molecule has 0 saturated carbocycles. The van der Waals surface area contributed by atoms with Crippen molar-refractivity contribution < 1.29 is 0 Å². The molecule has 0 saturated heterocycles. The van der Waals surface area contributed by atoms with Crippen molar-refractivity contribution in [2.75, 3.05) is 0 Å². The van der Waals surface area contributed by atoms with Gasteiger partial charge in [0.2, 0.25) is 0 Å². The molecule has 0 aliphatic carbocycles. The van der Waals surface area contributed by atoms with E-state index in [0.29, 0.717) is 0 Å². The fraction of sp³-hybridized carbons (Fsp3) is 1.00. The second-order valence-electron chi connectivity index (χ2n) is 4.30. The van der Waals surface area contributed by atoms with E-state index in [1.165, 1.54) is 44.9 Å². The van der Waals surface area contributed by atoms with E-state index < -0.39 is 0 Å². The zero-order valence-corrected chi connectivity index (χ0v) is 10.1. The fourth-order valence-corrected chi connectivity index (χ4v) is 2.09. The third-order valence-corrected chi connectivity index (χ3v) is 3.53. The predicted molar refractivity (Wildman–Crippen MR) is 62.0 cm³/mol. The molecule has 0 aromatic rings. The average Bonchev–Trinajstić information content (AvgIpc) is 2.19. The van der Waals surface area contributed by atoms with Gasteiger partial charge in [-0.25, -0.2) is 0 Å². The summed E-state index contributed by atoms with van der Waals surface area (Å²) in [5, 5.41) is 0. The maximum Gasteiger partial charge on any atom is -0.0420 e. The van der Waals surface area contributed by atoms with Crippen molar-refractivity contribution in [2.24, 2.45) is 11.8 Å². The standard InChI is InChI=1S/C13H28/c1-5-12(6-2)10-9-11-13(7-3)8-4/h12-13H,5-11H2,1-4H3. The Morgan fingerprint density at radius 2 is 0.923 bits per heavy atom. The quantitative estimate of drug-likeness (QED) is 0.496. The normalized spacial score (nSPS) is 11.5. The first-order chi connectivity index (χ1) is 6.28. The summed E-state index contributed by atoms with van der Waals surface area (Å²) in [7, 11) is 0. The monoisotopic (exact) mass is 184 g/mol. The van der Waals surface area contributed by atoms with E-state index in [-0.39, 0.29) is 0 Å². The van der Waals surface area contributed by atoms with Crippen molar-refractivity contribution in [2.45, 2.75) is 72.6 Å². The summed E-state index contributed by atoms with van der Waals surface area (Å²) < 4.78 is 0. The van der Waals surface area contributed by atoms with Gasteiger partial charge < -0.3 is 0 Å². The van der Waals surface area contributed by atoms with Gasteiger partial charge in [0.15, 0.2) is 0 Å². The highest BCUT2D eigenvalue weighted by Gasteiger charge is 2.06. The molecule has 13 heavy (non-hydrogen) atoms. The van der Waals surface area contributed by atoms with Gasteiger partial charge >= 0.3 is 0 Å². The molecular formula is C13H28. The summed E-state index contributed by atoms with van der Waals surface area (Å²) in [6, 6.07) is 0. The van der Waals surface area contributed by atoms with Crippen LogP contribution in [0, 0.1) is 11.8 Å². The molecule has 0 unspecified atom stereocenters. The fourth-order valence-electron chi connectivity index (χ4n) is 2.09. The Hall–Kier alpha value is 0. The topological polar surface area (TPSA) is 0 Å². The summed E-state index contributed by atoms with van der Waals surface area (Å²) in [5.41, 5.74) is 0. The SMILES string of the molecule is CCC(CC)CCCC(CC)CC. The maximum atomic E-state index is 2.32. The Labute approximate surface area is 85.1 Å². The Morgan fingerprint density at radius 3 is 1.15 bits per heavy atom. The number of hydrogen-bond donors (Lipinski definition) is 0. The molecule has 0 aliphatic heterocycles. The molecule has 0 aromatic heterocycles. The summed E-state index contributed by atoms with van der Waals surface area (Å²) >= 11 is 0. The molecule has 80 valence electrons. The Balaban J connectivity index is 3.41. The van der Waals surface area contributed by atoms with Gasteiger partial charge in [-0.15, -0.1) is 0 Å². The van der Waals surface area contributed by atoms with Crippen molar-refractivity contribution >= 4 is 0 Å². The molecular weight excluding hydrogens is 156 g/mol. The molecule has 0 heteroatoms. The van der Waals surface area contributed by atoms with E-state index in [0.717, 1.165) is 11.8 Å². The van der Waals surface area contributed by atoms with E-state index in [9.17, 15) is 0 Å². The molecule has 0 amide bonds. The van der Waals surface area contributed by atoms with Gasteiger partial charge in [-0.1, -0.05) is 72.6 Å². The highest BCUT2D eigenvalue weighted by atomic mass is 14.1. The van der Waals surface area contributed by atoms with Gasteiger partial charge in [0.05, 0.1) is 0 Å². The molecule has 0 bridgehead atoms. The summed E-state index contributed by atoms with van der Waals surface area (Å²) in [6.45, 7) is 9.30. The van der Waals surface area contributed by atoms with Crippen LogP contribution in [0.5, 0.6) is 0 Å². The van der Waals surface area contributed by atoms with E-state index in [1.807, 2.05) is 0 Å². The van der Waals surface area contributed by atoms with E-state index in [1.54, 1.807) is 0 Å². The predicted octanol–water partition coefficient (Wildman–Crippen LogP) is 5.03. The van der Waals surface area contributed by atoms with Crippen LogP contribution >= 0.6 is 0 Å². The minimum atomic E-state index is 0.995. The minimum absolute atomic E-state index is 0.995. The third-order valence-electron chi connectivity index (χ3n) is 3.53.